The first kappa shape index (κ1) is 14.5. The highest BCUT2D eigenvalue weighted by Gasteiger charge is 2.13. The summed E-state index contributed by atoms with van der Waals surface area (Å²) in [5, 5.41) is 14.6. The Bertz CT molecular complexity index is 800. The van der Waals surface area contributed by atoms with Gasteiger partial charge in [-0.1, -0.05) is 35.3 Å². The second-order valence-electron chi connectivity index (χ2n) is 4.38. The van der Waals surface area contributed by atoms with E-state index >= 15 is 0 Å². The number of halogens is 2. The van der Waals surface area contributed by atoms with Crippen molar-refractivity contribution in [2.24, 2.45) is 0 Å². The Morgan fingerprint density at radius 1 is 1.09 bits per heavy atom. The number of hydrogen-bond donors (Lipinski definition) is 1. The van der Waals surface area contributed by atoms with Crippen LogP contribution < -0.4 is 5.32 Å². The molecule has 0 aliphatic carbocycles. The van der Waals surface area contributed by atoms with E-state index in [2.05, 4.69) is 20.8 Å². The van der Waals surface area contributed by atoms with Gasteiger partial charge in [0.15, 0.2) is 0 Å². The lowest BCUT2D eigenvalue weighted by molar-refractivity contribution is 0.102. The number of anilines is 1. The molecule has 6 nitrogen and oxygen atoms in total. The number of carbonyl (C=O) groups excluding carboxylic acids is 1. The molecule has 2 aromatic carbocycles. The van der Waals surface area contributed by atoms with E-state index in [1.54, 1.807) is 42.5 Å². The molecule has 1 amide bonds. The van der Waals surface area contributed by atoms with Gasteiger partial charge in [-0.15, -0.1) is 5.10 Å². The second kappa shape index (κ2) is 6.13. The summed E-state index contributed by atoms with van der Waals surface area (Å²) in [7, 11) is 0. The number of hydrogen-bond acceptors (Lipinski definition) is 4. The molecule has 3 rings (SSSR count). The molecule has 0 bridgehead atoms. The van der Waals surface area contributed by atoms with Crippen LogP contribution in [0, 0.1) is 0 Å². The molecule has 8 heteroatoms. The third-order valence-corrected chi connectivity index (χ3v) is 3.30. The predicted octanol–water partition coefficient (Wildman–Crippen LogP) is 3.22. The van der Waals surface area contributed by atoms with Crippen molar-refractivity contribution in [1.82, 2.24) is 20.2 Å². The average molecular weight is 334 g/mol. The highest BCUT2D eigenvalue weighted by molar-refractivity contribution is 6.35. The maximum Gasteiger partial charge on any atom is 0.257 e. The van der Waals surface area contributed by atoms with Gasteiger partial charge in [0.1, 0.15) is 6.33 Å². The molecule has 22 heavy (non-hydrogen) atoms. The molecule has 0 fully saturated rings. The van der Waals surface area contributed by atoms with Crippen molar-refractivity contribution in [2.75, 3.05) is 5.32 Å². The first-order valence-electron chi connectivity index (χ1n) is 6.23. The van der Waals surface area contributed by atoms with E-state index in [1.165, 1.54) is 11.0 Å². The number of benzene rings is 2. The molecule has 110 valence electrons. The zero-order chi connectivity index (χ0) is 15.5. The summed E-state index contributed by atoms with van der Waals surface area (Å²) >= 11 is 11.9. The Morgan fingerprint density at radius 3 is 2.50 bits per heavy atom. The molecule has 0 saturated heterocycles. The maximum absolute atomic E-state index is 12.5. The number of tetrazole rings is 1. The molecule has 0 aliphatic rings. The van der Waals surface area contributed by atoms with Crippen LogP contribution in [0.4, 0.5) is 5.69 Å². The van der Waals surface area contributed by atoms with Gasteiger partial charge in [-0.3, -0.25) is 4.79 Å². The highest BCUT2D eigenvalue weighted by atomic mass is 35.5. The van der Waals surface area contributed by atoms with Gasteiger partial charge < -0.3 is 5.32 Å². The highest BCUT2D eigenvalue weighted by Crippen LogP contribution is 2.23. The first-order chi connectivity index (χ1) is 10.6. The molecule has 1 aromatic heterocycles. The predicted molar refractivity (Wildman–Crippen MR) is 83.6 cm³/mol. The van der Waals surface area contributed by atoms with E-state index in [0.717, 1.165) is 0 Å². The van der Waals surface area contributed by atoms with Gasteiger partial charge in [0.25, 0.3) is 5.91 Å². The van der Waals surface area contributed by atoms with E-state index in [0.29, 0.717) is 27.0 Å². The third-order valence-electron chi connectivity index (χ3n) is 2.86. The fourth-order valence-corrected chi connectivity index (χ4v) is 2.49. The topological polar surface area (TPSA) is 72.7 Å². The van der Waals surface area contributed by atoms with Crippen molar-refractivity contribution in [3.63, 3.8) is 0 Å². The number of nitrogens with zero attached hydrogens (tertiary/aromatic N) is 4. The number of aromatic nitrogens is 4. The lowest BCUT2D eigenvalue weighted by atomic mass is 10.1. The summed E-state index contributed by atoms with van der Waals surface area (Å²) in [4.78, 5) is 12.5. The molecule has 3 aromatic rings. The summed E-state index contributed by atoms with van der Waals surface area (Å²) in [6.07, 6.45) is 1.42. The molecule has 1 N–H and O–H groups in total. The Balaban J connectivity index is 1.93. The van der Waals surface area contributed by atoms with Crippen LogP contribution >= 0.6 is 23.2 Å². The Labute approximate surface area is 135 Å². The molecule has 0 aliphatic heterocycles. The summed E-state index contributed by atoms with van der Waals surface area (Å²) in [6, 6.07) is 11.8. The van der Waals surface area contributed by atoms with Crippen molar-refractivity contribution in [1.29, 1.82) is 0 Å². The molecule has 0 spiro atoms. The van der Waals surface area contributed by atoms with E-state index in [4.69, 9.17) is 23.2 Å². The molecule has 0 atom stereocenters. The van der Waals surface area contributed by atoms with E-state index in [-0.39, 0.29) is 5.91 Å². The summed E-state index contributed by atoms with van der Waals surface area (Å²) in [5.74, 6) is -0.315. The summed E-state index contributed by atoms with van der Waals surface area (Å²) in [6.45, 7) is 0. The molecular weight excluding hydrogens is 325 g/mol. The van der Waals surface area contributed by atoms with Crippen molar-refractivity contribution < 1.29 is 4.79 Å². The van der Waals surface area contributed by atoms with Crippen LogP contribution in [-0.4, -0.2) is 26.1 Å². The average Bonchev–Trinajstić information content (AvgIpc) is 3.00. The van der Waals surface area contributed by atoms with Crippen LogP contribution in [0.25, 0.3) is 5.69 Å². The maximum atomic E-state index is 12.5. The zero-order valence-corrected chi connectivity index (χ0v) is 12.6. The van der Waals surface area contributed by atoms with Gasteiger partial charge in [0.05, 0.1) is 11.3 Å². The van der Waals surface area contributed by atoms with Gasteiger partial charge in [0, 0.05) is 15.7 Å². The van der Waals surface area contributed by atoms with Crippen LogP contribution in [0.1, 0.15) is 10.4 Å². The lowest BCUT2D eigenvalue weighted by Gasteiger charge is -2.10. The standard InChI is InChI=1S/C14H9Cl2N5O/c15-9-5-10(16)7-11(6-9)18-14(22)12-3-1-2-4-13(12)21-8-17-19-20-21/h1-8H,(H,18,22). The zero-order valence-electron chi connectivity index (χ0n) is 11.1. The van der Waals surface area contributed by atoms with Crippen LogP contribution in [0.3, 0.4) is 0 Å². The van der Waals surface area contributed by atoms with Gasteiger partial charge in [-0.25, -0.2) is 0 Å². The molecule has 0 unspecified atom stereocenters. The van der Waals surface area contributed by atoms with Gasteiger partial charge >= 0.3 is 0 Å². The van der Waals surface area contributed by atoms with E-state index < -0.39 is 0 Å². The lowest BCUT2D eigenvalue weighted by Crippen LogP contribution is -2.15. The molecule has 1 heterocycles. The SMILES string of the molecule is O=C(Nc1cc(Cl)cc(Cl)c1)c1ccccc1-n1cnnn1. The van der Waals surface area contributed by atoms with Crippen LogP contribution in [0.5, 0.6) is 0 Å². The normalized spacial score (nSPS) is 10.5. The Hall–Kier alpha value is -2.44. The number of carbonyl (C=O) groups is 1. The van der Waals surface area contributed by atoms with Crippen LogP contribution in [0.2, 0.25) is 10.0 Å². The number of para-hydroxylation sites is 1. The number of amides is 1. The fraction of sp³-hybridized carbons (Fsp3) is 0. The van der Waals surface area contributed by atoms with Gasteiger partial charge in [0.2, 0.25) is 0 Å². The largest absolute Gasteiger partial charge is 0.322 e. The quantitative estimate of drug-likeness (QED) is 0.798. The van der Waals surface area contributed by atoms with Crippen LogP contribution in [0.15, 0.2) is 48.8 Å². The molecule has 0 radical (unpaired) electrons. The molecular formula is C14H9Cl2N5O. The van der Waals surface area contributed by atoms with Crippen LogP contribution in [-0.2, 0) is 0 Å². The minimum absolute atomic E-state index is 0.315. The Kier molecular flexibility index (Phi) is 4.04. The minimum Gasteiger partial charge on any atom is -0.322 e. The fourth-order valence-electron chi connectivity index (χ4n) is 1.96. The van der Waals surface area contributed by atoms with E-state index in [1.807, 2.05) is 0 Å². The minimum atomic E-state index is -0.315. The van der Waals surface area contributed by atoms with Crippen molar-refractivity contribution >= 4 is 34.8 Å². The van der Waals surface area contributed by atoms with Gasteiger partial charge in [-0.05, 0) is 40.8 Å². The van der Waals surface area contributed by atoms with Crippen molar-refractivity contribution in [2.45, 2.75) is 0 Å². The second-order valence-corrected chi connectivity index (χ2v) is 5.26. The summed E-state index contributed by atoms with van der Waals surface area (Å²) in [5.41, 5.74) is 1.50. The third kappa shape index (κ3) is 3.08. The van der Waals surface area contributed by atoms with Crippen molar-refractivity contribution in [3.05, 3.63) is 64.4 Å². The van der Waals surface area contributed by atoms with Gasteiger partial charge in [-0.2, -0.15) is 4.68 Å². The molecule has 0 saturated carbocycles. The summed E-state index contributed by atoms with van der Waals surface area (Å²) < 4.78 is 1.42. The van der Waals surface area contributed by atoms with Crippen molar-refractivity contribution in [3.8, 4) is 5.69 Å². The number of rotatable bonds is 3. The monoisotopic (exact) mass is 333 g/mol. The van der Waals surface area contributed by atoms with E-state index in [9.17, 15) is 4.79 Å². The first-order valence-corrected chi connectivity index (χ1v) is 6.99. The number of nitrogens with one attached hydrogen (secondary N) is 1. The smallest absolute Gasteiger partial charge is 0.257 e. The Morgan fingerprint density at radius 2 is 1.82 bits per heavy atom.